The lowest BCUT2D eigenvalue weighted by molar-refractivity contribution is -0.0276. The molecule has 27 heavy (non-hydrogen) atoms. The Kier molecular flexibility index (Phi) is 5.59. The molecule has 0 saturated heterocycles. The van der Waals surface area contributed by atoms with E-state index in [1.165, 1.54) is 22.7 Å². The van der Waals surface area contributed by atoms with Gasteiger partial charge in [-0.25, -0.2) is 14.2 Å². The van der Waals surface area contributed by atoms with E-state index in [0.717, 1.165) is 6.20 Å². The van der Waals surface area contributed by atoms with Crippen molar-refractivity contribution >= 4 is 11.6 Å². The number of ether oxygens (including phenoxy) is 2. The van der Waals surface area contributed by atoms with E-state index in [1.54, 1.807) is 31.2 Å². The normalized spacial score (nSPS) is 10.3. The zero-order valence-electron chi connectivity index (χ0n) is 14.4. The smallest absolute Gasteiger partial charge is 0.347 e. The maximum Gasteiger partial charge on any atom is 0.347 e. The van der Waals surface area contributed by atoms with Crippen molar-refractivity contribution in [1.82, 2.24) is 9.38 Å². The Morgan fingerprint density at radius 1 is 1.22 bits per heavy atom. The molecule has 2 aromatic heterocycles. The van der Waals surface area contributed by atoms with Crippen molar-refractivity contribution in [3.05, 3.63) is 81.7 Å². The van der Waals surface area contributed by atoms with Crippen LogP contribution < -0.4 is 5.56 Å². The predicted octanol–water partition coefficient (Wildman–Crippen LogP) is 2.38. The largest absolute Gasteiger partial charge is 0.435 e. The summed E-state index contributed by atoms with van der Waals surface area (Å²) in [5.74, 6) is 4.57. The molecule has 0 radical (unpaired) electrons. The summed E-state index contributed by atoms with van der Waals surface area (Å²) in [4.78, 5) is 28.5. The van der Waals surface area contributed by atoms with E-state index in [-0.39, 0.29) is 18.2 Å². The summed E-state index contributed by atoms with van der Waals surface area (Å²) in [6.45, 7) is 1.92. The van der Waals surface area contributed by atoms with Crippen LogP contribution in [0.2, 0.25) is 0 Å². The van der Waals surface area contributed by atoms with Crippen LogP contribution in [-0.2, 0) is 9.47 Å². The third-order valence-electron chi connectivity index (χ3n) is 3.58. The summed E-state index contributed by atoms with van der Waals surface area (Å²) in [6, 6.07) is 9.15. The lowest BCUT2D eigenvalue weighted by atomic mass is 10.2. The summed E-state index contributed by atoms with van der Waals surface area (Å²) in [5, 5.41) is 0. The first-order valence-corrected chi connectivity index (χ1v) is 8.12. The topological polar surface area (TPSA) is 69.9 Å². The van der Waals surface area contributed by atoms with E-state index in [0.29, 0.717) is 23.4 Å². The highest BCUT2D eigenvalue weighted by Crippen LogP contribution is 2.06. The minimum atomic E-state index is -0.801. The zero-order chi connectivity index (χ0) is 19.2. The van der Waals surface area contributed by atoms with Gasteiger partial charge in [0.15, 0.2) is 6.79 Å². The molecule has 3 aromatic rings. The van der Waals surface area contributed by atoms with Crippen molar-refractivity contribution in [2.24, 2.45) is 0 Å². The summed E-state index contributed by atoms with van der Waals surface area (Å²) >= 11 is 0. The maximum atomic E-state index is 13.2. The molecule has 6 nitrogen and oxygen atoms in total. The van der Waals surface area contributed by atoms with Gasteiger partial charge in [-0.15, -0.1) is 0 Å². The molecule has 1 aromatic carbocycles. The van der Waals surface area contributed by atoms with Crippen molar-refractivity contribution in [2.75, 3.05) is 13.4 Å². The van der Waals surface area contributed by atoms with Crippen LogP contribution in [0.3, 0.4) is 0 Å². The molecule has 0 unspecified atom stereocenters. The van der Waals surface area contributed by atoms with Crippen LogP contribution in [0.25, 0.3) is 5.65 Å². The number of hydrogen-bond acceptors (Lipinski definition) is 5. The molecule has 0 spiro atoms. The average molecular weight is 366 g/mol. The average Bonchev–Trinajstić information content (AvgIpc) is 2.67. The molecule has 136 valence electrons. The molecular weight excluding hydrogens is 351 g/mol. The van der Waals surface area contributed by atoms with Crippen molar-refractivity contribution < 1.29 is 18.7 Å². The van der Waals surface area contributed by atoms with Gasteiger partial charge in [0.1, 0.15) is 17.0 Å². The van der Waals surface area contributed by atoms with Gasteiger partial charge in [-0.1, -0.05) is 17.9 Å². The first-order valence-electron chi connectivity index (χ1n) is 8.12. The van der Waals surface area contributed by atoms with E-state index < -0.39 is 11.5 Å². The van der Waals surface area contributed by atoms with Crippen LogP contribution in [0.4, 0.5) is 4.39 Å². The molecule has 0 aliphatic heterocycles. The molecule has 0 saturated carbocycles. The van der Waals surface area contributed by atoms with E-state index >= 15 is 0 Å². The van der Waals surface area contributed by atoms with Crippen molar-refractivity contribution in [3.63, 3.8) is 0 Å². The molecule has 0 amide bonds. The van der Waals surface area contributed by atoms with E-state index in [2.05, 4.69) is 16.8 Å². The SMILES string of the molecule is CCOCOC(=O)c1cnc2cc(C#Cc3cccc(F)c3)ccn2c1=O. The number of carbonyl (C=O) groups excluding carboxylic acids is 1. The van der Waals surface area contributed by atoms with Crippen LogP contribution in [0.15, 0.2) is 53.6 Å². The predicted molar refractivity (Wildman–Crippen MR) is 95.8 cm³/mol. The first-order chi connectivity index (χ1) is 13.1. The number of benzene rings is 1. The quantitative estimate of drug-likeness (QED) is 0.307. The Balaban J connectivity index is 1.88. The number of nitrogens with zero attached hydrogens (tertiary/aromatic N) is 2. The fourth-order valence-electron chi connectivity index (χ4n) is 2.26. The van der Waals surface area contributed by atoms with Gasteiger partial charge in [0.05, 0.1) is 0 Å². The van der Waals surface area contributed by atoms with Gasteiger partial charge < -0.3 is 9.47 Å². The minimum Gasteiger partial charge on any atom is -0.435 e. The van der Waals surface area contributed by atoms with Crippen LogP contribution in [-0.4, -0.2) is 28.8 Å². The third kappa shape index (κ3) is 4.37. The Labute approximate surface area is 154 Å². The van der Waals surface area contributed by atoms with Crippen molar-refractivity contribution in [3.8, 4) is 11.8 Å². The molecule has 7 heteroatoms. The van der Waals surface area contributed by atoms with Crippen LogP contribution in [0, 0.1) is 17.7 Å². The molecule has 0 atom stereocenters. The second-order valence-corrected chi connectivity index (χ2v) is 5.42. The molecule has 0 bridgehead atoms. The molecule has 0 aliphatic carbocycles. The number of pyridine rings is 1. The molecular formula is C20H15FN2O4. The summed E-state index contributed by atoms with van der Waals surface area (Å²) in [5.41, 5.74) is 0.717. The maximum absolute atomic E-state index is 13.2. The first kappa shape index (κ1) is 18.3. The molecule has 0 aliphatic rings. The second kappa shape index (κ2) is 8.25. The minimum absolute atomic E-state index is 0.189. The second-order valence-electron chi connectivity index (χ2n) is 5.42. The van der Waals surface area contributed by atoms with Crippen LogP contribution in [0.1, 0.15) is 28.4 Å². The Bertz CT molecular complexity index is 1110. The lowest BCUT2D eigenvalue weighted by Crippen LogP contribution is -2.24. The number of esters is 1. The van der Waals surface area contributed by atoms with E-state index in [9.17, 15) is 14.0 Å². The van der Waals surface area contributed by atoms with Gasteiger partial charge in [-0.3, -0.25) is 9.20 Å². The summed E-state index contributed by atoms with van der Waals surface area (Å²) in [7, 11) is 0. The number of hydrogen-bond donors (Lipinski definition) is 0. The number of fused-ring (bicyclic) bond motifs is 1. The van der Waals surface area contributed by atoms with Crippen molar-refractivity contribution in [1.29, 1.82) is 0 Å². The number of carbonyl (C=O) groups is 1. The third-order valence-corrected chi connectivity index (χ3v) is 3.58. The standard InChI is InChI=1S/C20H15FN2O4/c1-2-26-13-27-20(25)17-12-22-18-11-15(8-9-23(18)19(17)24)7-6-14-4-3-5-16(21)10-14/h3-5,8-12H,2,13H2,1H3. The Morgan fingerprint density at radius 3 is 2.74 bits per heavy atom. The number of aromatic nitrogens is 2. The lowest BCUT2D eigenvalue weighted by Gasteiger charge is -2.05. The van der Waals surface area contributed by atoms with Crippen LogP contribution >= 0.6 is 0 Å². The highest BCUT2D eigenvalue weighted by atomic mass is 19.1. The fraction of sp³-hybridized carbons (Fsp3) is 0.150. The fourth-order valence-corrected chi connectivity index (χ4v) is 2.26. The Hall–Kier alpha value is -3.50. The summed E-state index contributed by atoms with van der Waals surface area (Å²) in [6.07, 6.45) is 2.63. The van der Waals surface area contributed by atoms with Gasteiger partial charge in [0, 0.05) is 30.1 Å². The zero-order valence-corrected chi connectivity index (χ0v) is 14.4. The monoisotopic (exact) mass is 366 g/mol. The number of halogens is 1. The van der Waals surface area contributed by atoms with Crippen molar-refractivity contribution in [2.45, 2.75) is 6.92 Å². The Morgan fingerprint density at radius 2 is 2.00 bits per heavy atom. The molecule has 2 heterocycles. The van der Waals surface area contributed by atoms with Gasteiger partial charge >= 0.3 is 5.97 Å². The molecule has 0 N–H and O–H groups in total. The van der Waals surface area contributed by atoms with Gasteiger partial charge in [-0.2, -0.15) is 0 Å². The highest BCUT2D eigenvalue weighted by Gasteiger charge is 2.14. The van der Waals surface area contributed by atoms with E-state index in [4.69, 9.17) is 9.47 Å². The van der Waals surface area contributed by atoms with E-state index in [1.807, 2.05) is 0 Å². The van der Waals surface area contributed by atoms with Gasteiger partial charge in [0.2, 0.25) is 0 Å². The number of rotatable bonds is 4. The molecule has 3 rings (SSSR count). The van der Waals surface area contributed by atoms with Gasteiger partial charge in [0.25, 0.3) is 5.56 Å². The van der Waals surface area contributed by atoms with Crippen LogP contribution in [0.5, 0.6) is 0 Å². The molecule has 0 fully saturated rings. The summed E-state index contributed by atoms with van der Waals surface area (Å²) < 4.78 is 24.2. The van der Waals surface area contributed by atoms with Gasteiger partial charge in [-0.05, 0) is 37.3 Å². The highest BCUT2D eigenvalue weighted by molar-refractivity contribution is 5.88.